The predicted molar refractivity (Wildman–Crippen MR) is 104 cm³/mol. The van der Waals surface area contributed by atoms with Gasteiger partial charge in [-0.1, -0.05) is 30.2 Å². The Morgan fingerprint density at radius 2 is 2.07 bits per heavy atom. The van der Waals surface area contributed by atoms with E-state index in [0.29, 0.717) is 23.9 Å². The van der Waals surface area contributed by atoms with E-state index in [9.17, 15) is 9.59 Å². The number of esters is 1. The standard InChI is InChI=1S/C21H29N3O3/c1-13-8-9-16(14(2)11-13)19-18(20(25)27-4)17(22-21(26)23-19)12-24-10-6-5-7-15(24)3/h8-9,11,15,19H,5-7,10,12H2,1-4H3,(H2,22,23,26). The zero-order valence-electron chi connectivity index (χ0n) is 16.6. The van der Waals surface area contributed by atoms with Gasteiger partial charge in [0.2, 0.25) is 0 Å². The third-order valence-electron chi connectivity index (χ3n) is 5.60. The van der Waals surface area contributed by atoms with Crippen LogP contribution in [0.25, 0.3) is 0 Å². The average molecular weight is 371 g/mol. The predicted octanol–water partition coefficient (Wildman–Crippen LogP) is 2.96. The van der Waals surface area contributed by atoms with E-state index in [2.05, 4.69) is 28.5 Å². The zero-order chi connectivity index (χ0) is 19.6. The molecule has 2 aliphatic heterocycles. The fourth-order valence-electron chi connectivity index (χ4n) is 4.07. The van der Waals surface area contributed by atoms with Crippen LogP contribution in [0, 0.1) is 13.8 Å². The minimum Gasteiger partial charge on any atom is -0.466 e. The molecule has 6 nitrogen and oxygen atoms in total. The highest BCUT2D eigenvalue weighted by Crippen LogP contribution is 2.31. The van der Waals surface area contributed by atoms with Gasteiger partial charge in [0.15, 0.2) is 0 Å². The lowest BCUT2D eigenvalue weighted by molar-refractivity contribution is -0.136. The number of hydrogen-bond donors (Lipinski definition) is 2. The van der Waals surface area contributed by atoms with E-state index in [1.807, 2.05) is 26.0 Å². The first-order chi connectivity index (χ1) is 12.9. The van der Waals surface area contributed by atoms with Crippen LogP contribution >= 0.6 is 0 Å². The van der Waals surface area contributed by atoms with E-state index in [0.717, 1.165) is 36.1 Å². The number of likely N-dealkylation sites (tertiary alicyclic amines) is 1. The van der Waals surface area contributed by atoms with Crippen molar-refractivity contribution in [3.63, 3.8) is 0 Å². The largest absolute Gasteiger partial charge is 0.466 e. The molecule has 1 aromatic rings. The first kappa shape index (κ1) is 19.4. The second-order valence-corrected chi connectivity index (χ2v) is 7.59. The van der Waals surface area contributed by atoms with Gasteiger partial charge in [-0.05, 0) is 51.3 Å². The molecular weight excluding hydrogens is 342 g/mol. The Balaban J connectivity index is 2.03. The normalized spacial score (nSPS) is 23.6. The van der Waals surface area contributed by atoms with Gasteiger partial charge in [-0.3, -0.25) is 4.90 Å². The van der Waals surface area contributed by atoms with Gasteiger partial charge in [-0.2, -0.15) is 0 Å². The fourth-order valence-corrected chi connectivity index (χ4v) is 4.07. The number of urea groups is 1. The van der Waals surface area contributed by atoms with Crippen molar-refractivity contribution in [1.82, 2.24) is 15.5 Å². The number of nitrogens with one attached hydrogen (secondary N) is 2. The summed E-state index contributed by atoms with van der Waals surface area (Å²) in [4.78, 5) is 27.4. The van der Waals surface area contributed by atoms with E-state index in [1.165, 1.54) is 13.5 Å². The van der Waals surface area contributed by atoms with Crippen LogP contribution in [0.5, 0.6) is 0 Å². The second-order valence-electron chi connectivity index (χ2n) is 7.59. The Labute approximate surface area is 161 Å². The van der Waals surface area contributed by atoms with Crippen LogP contribution in [0.2, 0.25) is 0 Å². The van der Waals surface area contributed by atoms with Crippen LogP contribution in [-0.2, 0) is 9.53 Å². The van der Waals surface area contributed by atoms with Gasteiger partial charge < -0.3 is 15.4 Å². The average Bonchev–Trinajstić information content (AvgIpc) is 2.62. The number of benzene rings is 1. The van der Waals surface area contributed by atoms with Gasteiger partial charge in [0.25, 0.3) is 0 Å². The number of aryl methyl sites for hydroxylation is 2. The molecule has 0 spiro atoms. The summed E-state index contributed by atoms with van der Waals surface area (Å²) in [6.45, 7) is 7.73. The van der Waals surface area contributed by atoms with Gasteiger partial charge in [0.1, 0.15) is 0 Å². The van der Waals surface area contributed by atoms with E-state index in [1.54, 1.807) is 0 Å². The van der Waals surface area contributed by atoms with Crippen LogP contribution in [0.4, 0.5) is 4.79 Å². The number of carbonyl (C=O) groups excluding carboxylic acids is 2. The number of amides is 2. The van der Waals surface area contributed by atoms with Crippen molar-refractivity contribution < 1.29 is 14.3 Å². The number of piperidine rings is 1. The van der Waals surface area contributed by atoms with Gasteiger partial charge in [-0.15, -0.1) is 0 Å². The first-order valence-corrected chi connectivity index (χ1v) is 9.60. The highest BCUT2D eigenvalue weighted by Gasteiger charge is 2.35. The maximum absolute atomic E-state index is 12.7. The summed E-state index contributed by atoms with van der Waals surface area (Å²) in [6, 6.07) is 5.67. The molecule has 0 saturated carbocycles. The zero-order valence-corrected chi connectivity index (χ0v) is 16.6. The van der Waals surface area contributed by atoms with Crippen molar-refractivity contribution >= 4 is 12.0 Å². The molecule has 6 heteroatoms. The lowest BCUT2D eigenvalue weighted by Crippen LogP contribution is -2.50. The highest BCUT2D eigenvalue weighted by atomic mass is 16.5. The molecule has 0 bridgehead atoms. The van der Waals surface area contributed by atoms with Gasteiger partial charge in [-0.25, -0.2) is 9.59 Å². The van der Waals surface area contributed by atoms with Gasteiger partial charge >= 0.3 is 12.0 Å². The molecule has 146 valence electrons. The summed E-state index contributed by atoms with van der Waals surface area (Å²) >= 11 is 0. The maximum Gasteiger partial charge on any atom is 0.338 e. The quantitative estimate of drug-likeness (QED) is 0.799. The molecule has 1 saturated heterocycles. The van der Waals surface area contributed by atoms with E-state index < -0.39 is 12.0 Å². The number of carbonyl (C=O) groups is 2. The lowest BCUT2D eigenvalue weighted by Gasteiger charge is -2.37. The Bertz CT molecular complexity index is 772. The van der Waals surface area contributed by atoms with Crippen LogP contribution in [0.15, 0.2) is 29.5 Å². The van der Waals surface area contributed by atoms with Gasteiger partial charge in [0, 0.05) is 18.3 Å². The Hall–Kier alpha value is -2.34. The Morgan fingerprint density at radius 1 is 1.30 bits per heavy atom. The SMILES string of the molecule is COC(=O)C1=C(CN2CCCCC2C)NC(=O)NC1c1ccc(C)cc1C. The van der Waals surface area contributed by atoms with Crippen molar-refractivity contribution in [2.45, 2.75) is 52.1 Å². The Kier molecular flexibility index (Phi) is 5.85. The van der Waals surface area contributed by atoms with E-state index in [4.69, 9.17) is 4.74 Å². The highest BCUT2D eigenvalue weighted by molar-refractivity contribution is 5.95. The molecule has 1 aromatic carbocycles. The molecule has 1 fully saturated rings. The minimum atomic E-state index is -0.512. The summed E-state index contributed by atoms with van der Waals surface area (Å²) in [5.74, 6) is -0.410. The molecule has 2 aliphatic rings. The molecule has 2 unspecified atom stereocenters. The number of rotatable bonds is 4. The molecule has 2 atom stereocenters. The van der Waals surface area contributed by atoms with Crippen LogP contribution in [0.3, 0.4) is 0 Å². The topological polar surface area (TPSA) is 70.7 Å². The van der Waals surface area contributed by atoms with Crippen molar-refractivity contribution in [3.8, 4) is 0 Å². The summed E-state index contributed by atoms with van der Waals surface area (Å²) in [5, 5.41) is 5.78. The molecule has 2 N–H and O–H groups in total. The monoisotopic (exact) mass is 371 g/mol. The Morgan fingerprint density at radius 3 is 2.74 bits per heavy atom. The first-order valence-electron chi connectivity index (χ1n) is 9.60. The van der Waals surface area contributed by atoms with E-state index >= 15 is 0 Å². The summed E-state index contributed by atoms with van der Waals surface area (Å²) in [7, 11) is 1.38. The molecule has 0 radical (unpaired) electrons. The number of ether oxygens (including phenoxy) is 1. The minimum absolute atomic E-state index is 0.285. The summed E-state index contributed by atoms with van der Waals surface area (Å²) < 4.78 is 5.08. The number of methoxy groups -OCH3 is 1. The van der Waals surface area contributed by atoms with Crippen LogP contribution in [0.1, 0.15) is 48.9 Å². The summed E-state index contributed by atoms with van der Waals surface area (Å²) in [5.41, 5.74) is 4.22. The third kappa shape index (κ3) is 4.16. The molecule has 2 amide bonds. The van der Waals surface area contributed by atoms with Crippen LogP contribution < -0.4 is 10.6 Å². The maximum atomic E-state index is 12.7. The fraction of sp³-hybridized carbons (Fsp3) is 0.524. The molecule has 0 aliphatic carbocycles. The number of hydrogen-bond acceptors (Lipinski definition) is 4. The lowest BCUT2D eigenvalue weighted by atomic mass is 9.91. The second kappa shape index (κ2) is 8.13. The number of nitrogens with zero attached hydrogens (tertiary/aromatic N) is 1. The van der Waals surface area contributed by atoms with Crippen molar-refractivity contribution in [1.29, 1.82) is 0 Å². The summed E-state index contributed by atoms with van der Waals surface area (Å²) in [6.07, 6.45) is 3.49. The smallest absolute Gasteiger partial charge is 0.338 e. The third-order valence-corrected chi connectivity index (χ3v) is 5.60. The van der Waals surface area contributed by atoms with E-state index in [-0.39, 0.29) is 6.03 Å². The molecule has 27 heavy (non-hydrogen) atoms. The van der Waals surface area contributed by atoms with Crippen molar-refractivity contribution in [2.75, 3.05) is 20.2 Å². The van der Waals surface area contributed by atoms with Crippen molar-refractivity contribution in [3.05, 3.63) is 46.2 Å². The van der Waals surface area contributed by atoms with Crippen molar-refractivity contribution in [2.24, 2.45) is 0 Å². The molecule has 0 aromatic heterocycles. The van der Waals surface area contributed by atoms with Crippen LogP contribution in [-0.4, -0.2) is 43.1 Å². The molecule has 3 rings (SSSR count). The molecular formula is C21H29N3O3. The van der Waals surface area contributed by atoms with Gasteiger partial charge in [0.05, 0.1) is 18.7 Å². The molecule has 2 heterocycles.